The third kappa shape index (κ3) is 6.47. The van der Waals surface area contributed by atoms with Gasteiger partial charge in [-0.3, -0.25) is 9.59 Å². The Morgan fingerprint density at radius 1 is 1.27 bits per heavy atom. The number of hydrogen-bond acceptors (Lipinski definition) is 3. The van der Waals surface area contributed by atoms with E-state index in [1.165, 1.54) is 0 Å². The van der Waals surface area contributed by atoms with Crippen LogP contribution < -0.4 is 15.4 Å². The van der Waals surface area contributed by atoms with Gasteiger partial charge in [-0.15, -0.1) is 0 Å². The highest BCUT2D eigenvalue weighted by molar-refractivity contribution is 9.10. The van der Waals surface area contributed by atoms with Gasteiger partial charge < -0.3 is 15.4 Å². The standard InChI is InChI=1S/C16H23BrN2O3/c1-3-7-12(17)16(21)18-11-10-15(20)19-13-8-5-6-9-14(13)22-4-2/h5-6,8-9,12H,3-4,7,10-11H2,1-2H3,(H,18,21)(H,19,20)/t12-/m0/s1. The number of alkyl halides is 1. The van der Waals surface area contributed by atoms with Crippen LogP contribution in [-0.4, -0.2) is 29.8 Å². The van der Waals surface area contributed by atoms with E-state index >= 15 is 0 Å². The van der Waals surface area contributed by atoms with Gasteiger partial charge in [0.2, 0.25) is 11.8 Å². The van der Waals surface area contributed by atoms with E-state index in [9.17, 15) is 9.59 Å². The first-order valence-corrected chi connectivity index (χ1v) is 8.43. The van der Waals surface area contributed by atoms with Gasteiger partial charge >= 0.3 is 0 Å². The molecule has 0 saturated heterocycles. The van der Waals surface area contributed by atoms with E-state index in [0.29, 0.717) is 24.6 Å². The van der Waals surface area contributed by atoms with Crippen molar-refractivity contribution in [1.29, 1.82) is 0 Å². The van der Waals surface area contributed by atoms with Crippen LogP contribution >= 0.6 is 15.9 Å². The van der Waals surface area contributed by atoms with Gasteiger partial charge in [-0.2, -0.15) is 0 Å². The van der Waals surface area contributed by atoms with E-state index in [-0.39, 0.29) is 23.1 Å². The largest absolute Gasteiger partial charge is 0.492 e. The van der Waals surface area contributed by atoms with E-state index in [0.717, 1.165) is 12.8 Å². The Balaban J connectivity index is 2.39. The van der Waals surface area contributed by atoms with Crippen molar-refractivity contribution in [2.45, 2.75) is 37.9 Å². The topological polar surface area (TPSA) is 67.4 Å². The fourth-order valence-corrected chi connectivity index (χ4v) is 2.48. The Kier molecular flexibility index (Phi) is 8.58. The number of anilines is 1. The molecule has 0 aliphatic heterocycles. The summed E-state index contributed by atoms with van der Waals surface area (Å²) < 4.78 is 5.45. The Bertz CT molecular complexity index is 494. The van der Waals surface area contributed by atoms with E-state index in [2.05, 4.69) is 26.6 Å². The van der Waals surface area contributed by atoms with Gasteiger partial charge in [-0.25, -0.2) is 0 Å². The molecule has 0 aliphatic rings. The molecule has 122 valence electrons. The molecule has 2 N–H and O–H groups in total. The first-order chi connectivity index (χ1) is 10.6. The maximum atomic E-state index is 11.9. The molecule has 6 heteroatoms. The molecule has 0 aromatic heterocycles. The molecule has 1 rings (SSSR count). The number of para-hydroxylation sites is 2. The number of carbonyl (C=O) groups excluding carboxylic acids is 2. The lowest BCUT2D eigenvalue weighted by atomic mass is 10.2. The third-order valence-corrected chi connectivity index (χ3v) is 3.81. The molecule has 0 saturated carbocycles. The second kappa shape index (κ2) is 10.2. The molecular weight excluding hydrogens is 348 g/mol. The molecule has 0 spiro atoms. The van der Waals surface area contributed by atoms with Crippen molar-refractivity contribution in [1.82, 2.24) is 5.32 Å². The van der Waals surface area contributed by atoms with Crippen LogP contribution in [0.25, 0.3) is 0 Å². The average molecular weight is 371 g/mol. The third-order valence-electron chi connectivity index (χ3n) is 2.94. The molecule has 2 amide bonds. The second-order valence-corrected chi connectivity index (χ2v) is 5.88. The molecule has 22 heavy (non-hydrogen) atoms. The molecular formula is C16H23BrN2O3. The summed E-state index contributed by atoms with van der Waals surface area (Å²) in [5.74, 6) is 0.407. The first-order valence-electron chi connectivity index (χ1n) is 7.51. The molecule has 0 unspecified atom stereocenters. The van der Waals surface area contributed by atoms with Gasteiger partial charge in [0, 0.05) is 13.0 Å². The summed E-state index contributed by atoms with van der Waals surface area (Å²) in [4.78, 5) is 23.4. The number of ether oxygens (including phenoxy) is 1. The Morgan fingerprint density at radius 2 is 2.00 bits per heavy atom. The summed E-state index contributed by atoms with van der Waals surface area (Å²) >= 11 is 3.32. The normalized spacial score (nSPS) is 11.6. The summed E-state index contributed by atoms with van der Waals surface area (Å²) in [6, 6.07) is 7.28. The maximum absolute atomic E-state index is 11.9. The molecule has 5 nitrogen and oxygen atoms in total. The highest BCUT2D eigenvalue weighted by atomic mass is 79.9. The van der Waals surface area contributed by atoms with Crippen molar-refractivity contribution in [3.8, 4) is 5.75 Å². The molecule has 0 aliphatic carbocycles. The van der Waals surface area contributed by atoms with Crippen molar-refractivity contribution >= 4 is 33.4 Å². The van der Waals surface area contributed by atoms with Gasteiger partial charge in [0.15, 0.2) is 0 Å². The van der Waals surface area contributed by atoms with Gasteiger partial charge in [0.25, 0.3) is 0 Å². The first kappa shape index (κ1) is 18.5. The van der Waals surface area contributed by atoms with Crippen LogP contribution in [0, 0.1) is 0 Å². The summed E-state index contributed by atoms with van der Waals surface area (Å²) in [5, 5.41) is 5.54. The van der Waals surface area contributed by atoms with Crippen molar-refractivity contribution in [2.24, 2.45) is 0 Å². The highest BCUT2D eigenvalue weighted by Crippen LogP contribution is 2.23. The number of amides is 2. The zero-order valence-electron chi connectivity index (χ0n) is 13.0. The quantitative estimate of drug-likeness (QED) is 0.656. The zero-order chi connectivity index (χ0) is 16.4. The predicted octanol–water partition coefficient (Wildman–Crippen LogP) is 3.09. The molecule has 1 atom stereocenters. The number of halogens is 1. The minimum atomic E-state index is -0.195. The van der Waals surface area contributed by atoms with Crippen LogP contribution in [0.2, 0.25) is 0 Å². The Labute approximate surface area is 139 Å². The summed E-state index contributed by atoms with van der Waals surface area (Å²) in [7, 11) is 0. The van der Waals surface area contributed by atoms with Crippen LogP contribution in [0.4, 0.5) is 5.69 Å². The number of carbonyl (C=O) groups is 2. The van der Waals surface area contributed by atoms with E-state index in [4.69, 9.17) is 4.74 Å². The van der Waals surface area contributed by atoms with E-state index in [1.54, 1.807) is 12.1 Å². The van der Waals surface area contributed by atoms with Crippen LogP contribution in [0.1, 0.15) is 33.1 Å². The molecule has 0 radical (unpaired) electrons. The number of hydrogen-bond donors (Lipinski definition) is 2. The monoisotopic (exact) mass is 370 g/mol. The number of nitrogens with one attached hydrogen (secondary N) is 2. The predicted molar refractivity (Wildman–Crippen MR) is 91.5 cm³/mol. The van der Waals surface area contributed by atoms with Crippen molar-refractivity contribution in [2.75, 3.05) is 18.5 Å². The maximum Gasteiger partial charge on any atom is 0.233 e. The summed E-state index contributed by atoms with van der Waals surface area (Å²) in [5.41, 5.74) is 0.644. The molecule has 1 aromatic carbocycles. The fraction of sp³-hybridized carbons (Fsp3) is 0.500. The highest BCUT2D eigenvalue weighted by Gasteiger charge is 2.13. The van der Waals surface area contributed by atoms with Gasteiger partial charge in [-0.1, -0.05) is 41.4 Å². The minimum absolute atomic E-state index is 0.0793. The van der Waals surface area contributed by atoms with Crippen LogP contribution in [0.15, 0.2) is 24.3 Å². The lowest BCUT2D eigenvalue weighted by Crippen LogP contribution is -2.33. The summed E-state index contributed by atoms with van der Waals surface area (Å²) in [6.45, 7) is 4.76. The number of benzene rings is 1. The van der Waals surface area contributed by atoms with Crippen LogP contribution in [0.5, 0.6) is 5.75 Å². The molecule has 0 heterocycles. The van der Waals surface area contributed by atoms with Crippen LogP contribution in [0.3, 0.4) is 0 Å². The lowest BCUT2D eigenvalue weighted by Gasteiger charge is -2.12. The van der Waals surface area contributed by atoms with Crippen molar-refractivity contribution < 1.29 is 14.3 Å². The fourth-order valence-electron chi connectivity index (χ4n) is 1.86. The molecule has 0 bridgehead atoms. The SMILES string of the molecule is CCC[C@H](Br)C(=O)NCCC(=O)Nc1ccccc1OCC. The molecule has 1 aromatic rings. The molecule has 0 fully saturated rings. The van der Waals surface area contributed by atoms with E-state index in [1.807, 2.05) is 26.0 Å². The van der Waals surface area contributed by atoms with Gasteiger partial charge in [-0.05, 0) is 25.5 Å². The van der Waals surface area contributed by atoms with Gasteiger partial charge in [0.05, 0.1) is 17.1 Å². The minimum Gasteiger partial charge on any atom is -0.492 e. The van der Waals surface area contributed by atoms with Crippen molar-refractivity contribution in [3.05, 3.63) is 24.3 Å². The Hall–Kier alpha value is -1.56. The second-order valence-electron chi connectivity index (χ2n) is 4.77. The van der Waals surface area contributed by atoms with Crippen LogP contribution in [-0.2, 0) is 9.59 Å². The Morgan fingerprint density at radius 3 is 2.68 bits per heavy atom. The number of rotatable bonds is 9. The average Bonchev–Trinajstić information content (AvgIpc) is 2.49. The van der Waals surface area contributed by atoms with E-state index < -0.39 is 0 Å². The smallest absolute Gasteiger partial charge is 0.233 e. The lowest BCUT2D eigenvalue weighted by molar-refractivity contribution is -0.120. The van der Waals surface area contributed by atoms with Crippen molar-refractivity contribution in [3.63, 3.8) is 0 Å². The van der Waals surface area contributed by atoms with Gasteiger partial charge in [0.1, 0.15) is 5.75 Å². The zero-order valence-corrected chi connectivity index (χ0v) is 14.6. The summed E-state index contributed by atoms with van der Waals surface area (Å²) in [6.07, 6.45) is 1.93.